The average Bonchev–Trinajstić information content (AvgIpc) is 2.61. The molecule has 2 aromatic carbocycles. The Morgan fingerprint density at radius 1 is 1.23 bits per heavy atom. The highest BCUT2D eigenvalue weighted by atomic mass is 79.9. The minimum atomic E-state index is -0.184. The number of carbonyl (C=O) groups is 2. The van der Waals surface area contributed by atoms with Crippen molar-refractivity contribution < 1.29 is 14.3 Å². The van der Waals surface area contributed by atoms with E-state index in [4.69, 9.17) is 4.74 Å². The monoisotopic (exact) mass is 416 g/mol. The Bertz CT molecular complexity index is 838. The highest BCUT2D eigenvalue weighted by Gasteiger charge is 2.27. The van der Waals surface area contributed by atoms with Crippen LogP contribution in [0.25, 0.3) is 0 Å². The van der Waals surface area contributed by atoms with Crippen molar-refractivity contribution in [2.75, 3.05) is 16.8 Å². The van der Waals surface area contributed by atoms with Crippen LogP contribution < -0.4 is 15.0 Å². The lowest BCUT2D eigenvalue weighted by Crippen LogP contribution is -2.42. The lowest BCUT2D eigenvalue weighted by atomic mass is 10.1. The van der Waals surface area contributed by atoms with Gasteiger partial charge in [-0.2, -0.15) is 0 Å². The molecule has 1 aliphatic rings. The molecule has 136 valence electrons. The molecule has 6 heteroatoms. The van der Waals surface area contributed by atoms with Crippen LogP contribution in [0.5, 0.6) is 5.75 Å². The third kappa shape index (κ3) is 4.25. The maximum absolute atomic E-state index is 12.7. The molecule has 0 radical (unpaired) electrons. The topological polar surface area (TPSA) is 58.6 Å². The Labute approximate surface area is 161 Å². The molecule has 0 saturated carbocycles. The molecular weight excluding hydrogens is 396 g/mol. The third-order valence-corrected chi connectivity index (χ3v) is 4.88. The number of hydrogen-bond acceptors (Lipinski definition) is 3. The summed E-state index contributed by atoms with van der Waals surface area (Å²) in [6.07, 6.45) is 0.201. The Balaban J connectivity index is 1.64. The summed E-state index contributed by atoms with van der Waals surface area (Å²) in [6, 6.07) is 13.2. The molecule has 3 rings (SSSR count). The maximum atomic E-state index is 12.7. The number of fused-ring (bicyclic) bond motifs is 1. The van der Waals surface area contributed by atoms with E-state index in [2.05, 4.69) is 21.2 Å². The summed E-state index contributed by atoms with van der Waals surface area (Å²) in [5, 5.41) is 2.82. The first-order chi connectivity index (χ1) is 12.4. The van der Waals surface area contributed by atoms with Crippen molar-refractivity contribution in [3.63, 3.8) is 0 Å². The third-order valence-electron chi connectivity index (χ3n) is 4.19. The van der Waals surface area contributed by atoms with Gasteiger partial charge < -0.3 is 15.0 Å². The average molecular weight is 417 g/mol. The summed E-state index contributed by atoms with van der Waals surface area (Å²) in [5.74, 6) is 0.450. The standard InChI is InChI=1S/C20H21BrN2O3/c1-13-7-8-18-17(11-13)23(12-14(2)26-18)20(25)10-9-19(24)22-16-6-4-3-5-15(16)21/h3-8,11,14H,9-10,12H2,1-2H3,(H,22,24)/t14-/m0/s1. The first kappa shape index (κ1) is 18.5. The van der Waals surface area contributed by atoms with Crippen LogP contribution in [0.1, 0.15) is 25.3 Å². The fourth-order valence-corrected chi connectivity index (χ4v) is 3.30. The van der Waals surface area contributed by atoms with Gasteiger partial charge in [0.2, 0.25) is 11.8 Å². The van der Waals surface area contributed by atoms with Crippen LogP contribution in [0.15, 0.2) is 46.9 Å². The highest BCUT2D eigenvalue weighted by Crippen LogP contribution is 2.34. The van der Waals surface area contributed by atoms with Crippen molar-refractivity contribution in [1.82, 2.24) is 0 Å². The van der Waals surface area contributed by atoms with Gasteiger partial charge in [-0.3, -0.25) is 9.59 Å². The second kappa shape index (κ2) is 7.91. The number of hydrogen-bond donors (Lipinski definition) is 1. The maximum Gasteiger partial charge on any atom is 0.227 e. The number of halogens is 1. The van der Waals surface area contributed by atoms with E-state index < -0.39 is 0 Å². The van der Waals surface area contributed by atoms with Crippen LogP contribution >= 0.6 is 15.9 Å². The Morgan fingerprint density at radius 3 is 2.77 bits per heavy atom. The summed E-state index contributed by atoms with van der Waals surface area (Å²) < 4.78 is 6.62. The van der Waals surface area contributed by atoms with Crippen LogP contribution in [0.2, 0.25) is 0 Å². The van der Waals surface area contributed by atoms with Crippen LogP contribution in [0.4, 0.5) is 11.4 Å². The molecule has 0 unspecified atom stereocenters. The van der Waals surface area contributed by atoms with Crippen LogP contribution in [0, 0.1) is 6.92 Å². The predicted octanol–water partition coefficient (Wildman–Crippen LogP) is 4.29. The molecule has 0 aromatic heterocycles. The van der Waals surface area contributed by atoms with Gasteiger partial charge in [-0.15, -0.1) is 0 Å². The number of anilines is 2. The van der Waals surface area contributed by atoms with E-state index in [1.807, 2.05) is 56.3 Å². The van der Waals surface area contributed by atoms with E-state index in [9.17, 15) is 9.59 Å². The van der Waals surface area contributed by atoms with Crippen LogP contribution in [-0.4, -0.2) is 24.5 Å². The molecule has 0 fully saturated rings. The quantitative estimate of drug-likeness (QED) is 0.808. The smallest absolute Gasteiger partial charge is 0.227 e. The van der Waals surface area contributed by atoms with Gasteiger partial charge in [0, 0.05) is 17.3 Å². The number of aryl methyl sites for hydroxylation is 1. The molecule has 0 bridgehead atoms. The second-order valence-corrected chi connectivity index (χ2v) is 7.29. The minimum absolute atomic E-state index is 0.0747. The number of rotatable bonds is 4. The summed E-state index contributed by atoms with van der Waals surface area (Å²) >= 11 is 3.39. The fraction of sp³-hybridized carbons (Fsp3) is 0.300. The van der Waals surface area contributed by atoms with Crippen LogP contribution in [0.3, 0.4) is 0 Å². The number of amides is 2. The summed E-state index contributed by atoms with van der Waals surface area (Å²) in [4.78, 5) is 26.6. The highest BCUT2D eigenvalue weighted by molar-refractivity contribution is 9.10. The summed E-state index contributed by atoms with van der Waals surface area (Å²) in [7, 11) is 0. The predicted molar refractivity (Wildman–Crippen MR) is 106 cm³/mol. The molecule has 0 spiro atoms. The molecule has 0 aliphatic carbocycles. The van der Waals surface area contributed by atoms with Crippen molar-refractivity contribution in [3.8, 4) is 5.75 Å². The SMILES string of the molecule is Cc1ccc2c(c1)N(C(=O)CCC(=O)Nc1ccccc1Br)C[C@H](C)O2. The number of carbonyl (C=O) groups excluding carboxylic acids is 2. The number of para-hydroxylation sites is 1. The molecule has 1 atom stereocenters. The fourth-order valence-electron chi connectivity index (χ4n) is 2.91. The molecule has 26 heavy (non-hydrogen) atoms. The van der Waals surface area contributed by atoms with Crippen molar-refractivity contribution in [3.05, 3.63) is 52.5 Å². The molecular formula is C20H21BrN2O3. The Hall–Kier alpha value is -2.34. The molecule has 1 aliphatic heterocycles. The molecule has 1 heterocycles. The van der Waals surface area contributed by atoms with Crippen molar-refractivity contribution in [2.24, 2.45) is 0 Å². The number of ether oxygens (including phenoxy) is 1. The minimum Gasteiger partial charge on any atom is -0.487 e. The molecule has 5 nitrogen and oxygen atoms in total. The number of benzene rings is 2. The van der Waals surface area contributed by atoms with Gasteiger partial charge in [0.1, 0.15) is 11.9 Å². The zero-order valence-corrected chi connectivity index (χ0v) is 16.4. The van der Waals surface area contributed by atoms with Gasteiger partial charge in [0.05, 0.1) is 17.9 Å². The number of nitrogens with one attached hydrogen (secondary N) is 1. The lowest BCUT2D eigenvalue weighted by Gasteiger charge is -2.33. The van der Waals surface area contributed by atoms with E-state index in [0.29, 0.717) is 18.0 Å². The summed E-state index contributed by atoms with van der Waals surface area (Å²) in [6.45, 7) is 4.40. The summed E-state index contributed by atoms with van der Waals surface area (Å²) in [5.41, 5.74) is 2.54. The van der Waals surface area contributed by atoms with Gasteiger partial charge in [-0.05, 0) is 59.6 Å². The van der Waals surface area contributed by atoms with E-state index in [1.54, 1.807) is 4.90 Å². The van der Waals surface area contributed by atoms with Gasteiger partial charge >= 0.3 is 0 Å². The second-order valence-electron chi connectivity index (χ2n) is 6.43. The van der Waals surface area contributed by atoms with Gasteiger partial charge in [-0.25, -0.2) is 0 Å². The number of nitrogens with zero attached hydrogens (tertiary/aromatic N) is 1. The van der Waals surface area contributed by atoms with Crippen LogP contribution in [-0.2, 0) is 9.59 Å². The Kier molecular flexibility index (Phi) is 5.61. The zero-order chi connectivity index (χ0) is 18.7. The molecule has 2 amide bonds. The molecule has 0 saturated heterocycles. The zero-order valence-electron chi connectivity index (χ0n) is 14.8. The lowest BCUT2D eigenvalue weighted by molar-refractivity contribution is -0.122. The van der Waals surface area contributed by atoms with Crippen molar-refractivity contribution in [1.29, 1.82) is 0 Å². The van der Waals surface area contributed by atoms with Gasteiger partial charge in [0.25, 0.3) is 0 Å². The van der Waals surface area contributed by atoms with E-state index in [-0.39, 0.29) is 30.8 Å². The van der Waals surface area contributed by atoms with Gasteiger partial charge in [0.15, 0.2) is 0 Å². The first-order valence-corrected chi connectivity index (χ1v) is 9.35. The first-order valence-electron chi connectivity index (χ1n) is 8.56. The van der Waals surface area contributed by atoms with Crippen molar-refractivity contribution in [2.45, 2.75) is 32.8 Å². The molecule has 1 N–H and O–H groups in total. The van der Waals surface area contributed by atoms with Crippen molar-refractivity contribution >= 4 is 39.1 Å². The van der Waals surface area contributed by atoms with E-state index in [1.165, 1.54) is 0 Å². The van der Waals surface area contributed by atoms with Gasteiger partial charge in [-0.1, -0.05) is 18.2 Å². The Morgan fingerprint density at radius 2 is 2.00 bits per heavy atom. The van der Waals surface area contributed by atoms with E-state index >= 15 is 0 Å². The molecule has 2 aromatic rings. The van der Waals surface area contributed by atoms with E-state index in [0.717, 1.165) is 15.7 Å². The largest absolute Gasteiger partial charge is 0.487 e. The normalized spacial score (nSPS) is 15.8.